The molecule has 2 aromatic carbocycles. The lowest BCUT2D eigenvalue weighted by Gasteiger charge is -2.37. The third-order valence-electron chi connectivity index (χ3n) is 9.50. The number of benzene rings is 2. The molecular formula is C33H42F2N2O3. The predicted molar refractivity (Wildman–Crippen MR) is 151 cm³/mol. The molecule has 5 nitrogen and oxygen atoms in total. The maximum Gasteiger partial charge on any atom is 0.193 e. The van der Waals surface area contributed by atoms with Gasteiger partial charge in [0, 0.05) is 23.2 Å². The average Bonchev–Trinajstić information content (AvgIpc) is 3.71. The standard InChI is InChI=1S/C33H42F2N2O3/c34-25-21-23(13-15-29(25)39-31-11-3-1-9-27(31)36-17-5-6-18-36)33(38)24-14-16-30(26(35)22-24)40-32-12-4-2-10-28(32)37-19-7-8-20-37/h13-16,21-22,27-28,31-32H,1-12,17-20H2. The van der Waals surface area contributed by atoms with Crippen LogP contribution in [0.2, 0.25) is 0 Å². The molecule has 40 heavy (non-hydrogen) atoms. The molecular weight excluding hydrogens is 510 g/mol. The Bertz CT molecular complexity index is 1090. The van der Waals surface area contributed by atoms with Crippen molar-refractivity contribution in [1.29, 1.82) is 0 Å². The van der Waals surface area contributed by atoms with E-state index >= 15 is 8.78 Å². The second-order valence-electron chi connectivity index (χ2n) is 12.1. The molecule has 2 aliphatic carbocycles. The number of nitrogens with zero attached hydrogens (tertiary/aromatic N) is 2. The molecule has 0 radical (unpaired) electrons. The van der Waals surface area contributed by atoms with Gasteiger partial charge >= 0.3 is 0 Å². The summed E-state index contributed by atoms with van der Waals surface area (Å²) in [5.41, 5.74) is 0.359. The van der Waals surface area contributed by atoms with E-state index in [1.807, 2.05) is 0 Å². The van der Waals surface area contributed by atoms with Gasteiger partial charge in [-0.3, -0.25) is 14.6 Å². The lowest BCUT2D eigenvalue weighted by Crippen LogP contribution is -2.46. The number of rotatable bonds is 8. The third kappa shape index (κ3) is 6.06. The molecule has 2 saturated carbocycles. The van der Waals surface area contributed by atoms with Crippen LogP contribution in [0.3, 0.4) is 0 Å². The van der Waals surface area contributed by atoms with Gasteiger partial charge in [-0.15, -0.1) is 0 Å². The minimum atomic E-state index is -0.553. The van der Waals surface area contributed by atoms with Crippen LogP contribution in [0.25, 0.3) is 0 Å². The molecule has 2 heterocycles. The molecule has 2 saturated heterocycles. The summed E-state index contributed by atoms with van der Waals surface area (Å²) in [6.07, 6.45) is 13.2. The van der Waals surface area contributed by atoms with Crippen LogP contribution in [-0.4, -0.2) is 66.1 Å². The first-order chi connectivity index (χ1) is 19.6. The molecule has 0 aromatic heterocycles. The van der Waals surface area contributed by atoms with Crippen molar-refractivity contribution in [2.45, 2.75) is 101 Å². The van der Waals surface area contributed by atoms with Crippen molar-refractivity contribution in [1.82, 2.24) is 9.80 Å². The minimum absolute atomic E-state index is 0.0428. The summed E-state index contributed by atoms with van der Waals surface area (Å²) in [6.45, 7) is 4.34. The van der Waals surface area contributed by atoms with Crippen molar-refractivity contribution >= 4 is 5.78 Å². The van der Waals surface area contributed by atoms with E-state index in [-0.39, 0.29) is 34.8 Å². The fraction of sp³-hybridized carbons (Fsp3) is 0.606. The molecule has 4 unspecified atom stereocenters. The second kappa shape index (κ2) is 12.6. The van der Waals surface area contributed by atoms with Crippen LogP contribution in [0.5, 0.6) is 11.5 Å². The summed E-state index contributed by atoms with van der Waals surface area (Å²) in [5.74, 6) is -1.16. The zero-order valence-electron chi connectivity index (χ0n) is 23.5. The molecule has 0 bridgehead atoms. The van der Waals surface area contributed by atoms with Crippen molar-refractivity contribution in [3.63, 3.8) is 0 Å². The highest BCUT2D eigenvalue weighted by molar-refractivity contribution is 6.09. The summed E-state index contributed by atoms with van der Waals surface area (Å²) in [5, 5.41) is 0. The summed E-state index contributed by atoms with van der Waals surface area (Å²) >= 11 is 0. The Morgan fingerprint density at radius 2 is 1.00 bits per heavy atom. The SMILES string of the molecule is O=C(c1ccc(OC2CCCCC2N2CCCC2)c(F)c1)c1ccc(OC2CCCCC2N2CCCC2)c(F)c1. The van der Waals surface area contributed by atoms with Gasteiger partial charge in [0.05, 0.1) is 0 Å². The van der Waals surface area contributed by atoms with E-state index in [4.69, 9.17) is 9.47 Å². The maximum absolute atomic E-state index is 15.2. The number of halogens is 2. The largest absolute Gasteiger partial charge is 0.486 e. The monoisotopic (exact) mass is 552 g/mol. The van der Waals surface area contributed by atoms with Gasteiger partial charge in [0.1, 0.15) is 12.2 Å². The van der Waals surface area contributed by atoms with Gasteiger partial charge in [-0.25, -0.2) is 8.78 Å². The third-order valence-corrected chi connectivity index (χ3v) is 9.50. The predicted octanol–water partition coefficient (Wildman–Crippen LogP) is 6.77. The first-order valence-electron chi connectivity index (χ1n) is 15.5. The van der Waals surface area contributed by atoms with Crippen molar-refractivity contribution in [3.05, 3.63) is 59.2 Å². The van der Waals surface area contributed by atoms with Gasteiger partial charge in [-0.1, -0.05) is 12.8 Å². The fourth-order valence-corrected chi connectivity index (χ4v) is 7.38. The number of likely N-dealkylation sites (tertiary alicyclic amines) is 2. The van der Waals surface area contributed by atoms with Gasteiger partial charge in [0.25, 0.3) is 0 Å². The molecule has 6 rings (SSSR count). The lowest BCUT2D eigenvalue weighted by atomic mass is 9.91. The Morgan fingerprint density at radius 1 is 0.600 bits per heavy atom. The summed E-state index contributed by atoms with van der Waals surface area (Å²) in [4.78, 5) is 18.2. The second-order valence-corrected chi connectivity index (χ2v) is 12.1. The van der Waals surface area contributed by atoms with Crippen molar-refractivity contribution in [2.24, 2.45) is 0 Å². The Hall–Kier alpha value is -2.51. The number of ether oxygens (including phenoxy) is 2. The van der Waals surface area contributed by atoms with E-state index in [9.17, 15) is 4.79 Å². The Kier molecular flexibility index (Phi) is 8.68. The molecule has 0 spiro atoms. The highest BCUT2D eigenvalue weighted by Gasteiger charge is 2.35. The Balaban J connectivity index is 1.12. The molecule has 2 aliphatic heterocycles. The van der Waals surface area contributed by atoms with Crippen LogP contribution in [0, 0.1) is 11.6 Å². The molecule has 4 fully saturated rings. The fourth-order valence-electron chi connectivity index (χ4n) is 7.38. The molecule has 7 heteroatoms. The van der Waals surface area contributed by atoms with Crippen molar-refractivity contribution in [3.8, 4) is 11.5 Å². The smallest absolute Gasteiger partial charge is 0.193 e. The minimum Gasteiger partial charge on any atom is -0.486 e. The number of hydrogen-bond acceptors (Lipinski definition) is 5. The number of ketones is 1. The van der Waals surface area contributed by atoms with Gasteiger partial charge in [-0.05, 0) is 127 Å². The summed E-state index contributed by atoms with van der Waals surface area (Å²) in [7, 11) is 0. The highest BCUT2D eigenvalue weighted by Crippen LogP contribution is 2.33. The van der Waals surface area contributed by atoms with Gasteiger partial charge in [-0.2, -0.15) is 0 Å². The van der Waals surface area contributed by atoms with Crippen LogP contribution in [-0.2, 0) is 0 Å². The van der Waals surface area contributed by atoms with Gasteiger partial charge in [0.15, 0.2) is 28.9 Å². The topological polar surface area (TPSA) is 42.0 Å². The number of hydrogen-bond donors (Lipinski definition) is 0. The average molecular weight is 553 g/mol. The molecule has 0 amide bonds. The zero-order chi connectivity index (χ0) is 27.5. The van der Waals surface area contributed by atoms with Gasteiger partial charge in [0.2, 0.25) is 0 Å². The quantitative estimate of drug-likeness (QED) is 0.338. The van der Waals surface area contributed by atoms with Crippen LogP contribution in [0.15, 0.2) is 36.4 Å². The summed E-state index contributed by atoms with van der Waals surface area (Å²) < 4.78 is 42.7. The van der Waals surface area contributed by atoms with Gasteiger partial charge < -0.3 is 9.47 Å². The van der Waals surface area contributed by atoms with Crippen LogP contribution in [0.1, 0.15) is 93.0 Å². The number of carbonyl (C=O) groups is 1. The molecule has 216 valence electrons. The number of carbonyl (C=O) groups excluding carboxylic acids is 1. The Morgan fingerprint density at radius 3 is 1.40 bits per heavy atom. The van der Waals surface area contributed by atoms with E-state index in [0.717, 1.165) is 64.7 Å². The van der Waals surface area contributed by atoms with E-state index in [1.165, 1.54) is 50.7 Å². The van der Waals surface area contributed by atoms with Crippen LogP contribution in [0.4, 0.5) is 8.78 Å². The molecule has 4 atom stereocenters. The van der Waals surface area contributed by atoms with E-state index < -0.39 is 17.4 Å². The van der Waals surface area contributed by atoms with Crippen molar-refractivity contribution < 1.29 is 23.0 Å². The van der Waals surface area contributed by atoms with E-state index in [0.29, 0.717) is 12.1 Å². The molecule has 4 aliphatic rings. The van der Waals surface area contributed by atoms with E-state index in [1.54, 1.807) is 24.3 Å². The molecule has 0 N–H and O–H groups in total. The first kappa shape index (κ1) is 27.6. The van der Waals surface area contributed by atoms with Crippen molar-refractivity contribution in [2.75, 3.05) is 26.2 Å². The Labute approximate surface area is 236 Å². The first-order valence-corrected chi connectivity index (χ1v) is 15.5. The zero-order valence-corrected chi connectivity index (χ0v) is 23.5. The highest BCUT2D eigenvalue weighted by atomic mass is 19.1. The van der Waals surface area contributed by atoms with Crippen LogP contribution < -0.4 is 9.47 Å². The lowest BCUT2D eigenvalue weighted by molar-refractivity contribution is 0.0459. The molecule has 2 aromatic rings. The normalized spacial score (nSPS) is 28.1. The van der Waals surface area contributed by atoms with Crippen LogP contribution >= 0.6 is 0 Å². The summed E-state index contributed by atoms with van der Waals surface area (Å²) in [6, 6.07) is 9.34. The maximum atomic E-state index is 15.2. The van der Waals surface area contributed by atoms with E-state index in [2.05, 4.69) is 9.80 Å².